The first-order valence-electron chi connectivity index (χ1n) is 8.15. The number of carbonyl (C=O) groups is 1. The van der Waals surface area contributed by atoms with Gasteiger partial charge in [-0.3, -0.25) is 0 Å². The highest BCUT2D eigenvalue weighted by Crippen LogP contribution is 2.48. The van der Waals surface area contributed by atoms with Crippen molar-refractivity contribution in [2.45, 2.75) is 31.4 Å². The van der Waals surface area contributed by atoms with Crippen molar-refractivity contribution in [1.82, 2.24) is 0 Å². The van der Waals surface area contributed by atoms with Gasteiger partial charge in [-0.05, 0) is 43.3 Å². The molecule has 0 saturated heterocycles. The van der Waals surface area contributed by atoms with E-state index in [-0.39, 0.29) is 16.9 Å². The van der Waals surface area contributed by atoms with Crippen molar-refractivity contribution in [2.75, 3.05) is 6.61 Å². The lowest BCUT2D eigenvalue weighted by atomic mass is 10.2. The summed E-state index contributed by atoms with van der Waals surface area (Å²) in [5, 5.41) is 0. The average Bonchev–Trinajstić information content (AvgIpc) is 2.66. The van der Waals surface area contributed by atoms with E-state index in [1.54, 1.807) is 0 Å². The molecule has 0 unspecified atom stereocenters. The summed E-state index contributed by atoms with van der Waals surface area (Å²) in [6, 6.07) is 24.9. The molecule has 2 nitrogen and oxygen atoms in total. The van der Waals surface area contributed by atoms with Gasteiger partial charge in [0.25, 0.3) is 0 Å². The molecule has 3 aromatic carbocycles. The van der Waals surface area contributed by atoms with Crippen molar-refractivity contribution < 1.29 is 9.53 Å². The molecule has 1 aliphatic rings. The topological polar surface area (TPSA) is 26.3 Å². The third kappa shape index (κ3) is 3.08. The van der Waals surface area contributed by atoms with E-state index in [4.69, 9.17) is 4.74 Å². The van der Waals surface area contributed by atoms with Crippen LogP contribution >= 0.6 is 11.8 Å². The molecule has 0 aliphatic carbocycles. The van der Waals surface area contributed by atoms with Gasteiger partial charge in [0.05, 0.1) is 22.0 Å². The van der Waals surface area contributed by atoms with Crippen LogP contribution in [0.4, 0.5) is 0 Å². The Morgan fingerprint density at radius 2 is 1.56 bits per heavy atom. The minimum Gasteiger partial charge on any atom is -0.462 e. The van der Waals surface area contributed by atoms with Gasteiger partial charge in [0.1, 0.15) is 10.9 Å². The van der Waals surface area contributed by atoms with Crippen LogP contribution in [-0.2, 0) is 15.6 Å². The lowest BCUT2D eigenvalue weighted by Gasteiger charge is -2.18. The molecule has 3 aromatic rings. The molecular formula is C21H17O2S2+. The fraction of sp³-hybridized carbons (Fsp3) is 0.0952. The second-order valence-electron chi connectivity index (χ2n) is 5.55. The molecule has 0 fully saturated rings. The number of rotatable bonds is 3. The third-order valence-electron chi connectivity index (χ3n) is 3.94. The molecular weight excluding hydrogens is 348 g/mol. The molecule has 1 heterocycles. The number of hydrogen-bond acceptors (Lipinski definition) is 3. The van der Waals surface area contributed by atoms with E-state index in [1.807, 2.05) is 36.9 Å². The van der Waals surface area contributed by atoms with Crippen LogP contribution in [0.2, 0.25) is 0 Å². The van der Waals surface area contributed by atoms with Crippen LogP contribution in [0.25, 0.3) is 0 Å². The summed E-state index contributed by atoms with van der Waals surface area (Å²) < 4.78 is 5.17. The molecule has 0 aromatic heterocycles. The maximum atomic E-state index is 12.1. The maximum Gasteiger partial charge on any atom is 0.338 e. The predicted octanol–water partition coefficient (Wildman–Crippen LogP) is 5.42. The van der Waals surface area contributed by atoms with Gasteiger partial charge in [-0.1, -0.05) is 42.1 Å². The van der Waals surface area contributed by atoms with Crippen molar-refractivity contribution in [1.29, 1.82) is 0 Å². The number of benzene rings is 3. The Labute approximate surface area is 154 Å². The highest BCUT2D eigenvalue weighted by molar-refractivity contribution is 8.04. The smallest absolute Gasteiger partial charge is 0.338 e. The molecule has 25 heavy (non-hydrogen) atoms. The second-order valence-corrected chi connectivity index (χ2v) is 8.60. The quantitative estimate of drug-likeness (QED) is 0.358. The lowest BCUT2D eigenvalue weighted by Crippen LogP contribution is -2.12. The van der Waals surface area contributed by atoms with Crippen LogP contribution in [0, 0.1) is 0 Å². The Balaban J connectivity index is 1.85. The predicted molar refractivity (Wildman–Crippen MR) is 102 cm³/mol. The molecule has 0 atom stereocenters. The molecule has 0 N–H and O–H groups in total. The molecule has 0 bridgehead atoms. The largest absolute Gasteiger partial charge is 0.462 e. The van der Waals surface area contributed by atoms with Crippen molar-refractivity contribution >= 4 is 28.6 Å². The highest BCUT2D eigenvalue weighted by Gasteiger charge is 2.38. The van der Waals surface area contributed by atoms with Crippen molar-refractivity contribution in [3.05, 3.63) is 78.4 Å². The summed E-state index contributed by atoms with van der Waals surface area (Å²) in [5.41, 5.74) is 0.611. The van der Waals surface area contributed by atoms with Crippen LogP contribution in [0.15, 0.2) is 97.3 Å². The zero-order valence-corrected chi connectivity index (χ0v) is 15.4. The van der Waals surface area contributed by atoms with E-state index in [0.717, 1.165) is 4.90 Å². The van der Waals surface area contributed by atoms with E-state index in [9.17, 15) is 4.79 Å². The van der Waals surface area contributed by atoms with Crippen LogP contribution in [0.1, 0.15) is 17.3 Å². The van der Waals surface area contributed by atoms with Crippen LogP contribution < -0.4 is 0 Å². The number of esters is 1. The van der Waals surface area contributed by atoms with E-state index in [1.165, 1.54) is 19.6 Å². The fourth-order valence-electron chi connectivity index (χ4n) is 2.86. The van der Waals surface area contributed by atoms with Gasteiger partial charge in [0.15, 0.2) is 14.7 Å². The molecule has 4 heteroatoms. The molecule has 0 spiro atoms. The van der Waals surface area contributed by atoms with Gasteiger partial charge in [-0.15, -0.1) is 0 Å². The first-order valence-corrected chi connectivity index (χ1v) is 10.2. The molecule has 0 saturated carbocycles. The Bertz CT molecular complexity index is 891. The summed E-state index contributed by atoms with van der Waals surface area (Å²) in [5.74, 6) is -0.263. The van der Waals surface area contributed by atoms with Crippen molar-refractivity contribution in [3.8, 4) is 0 Å². The third-order valence-corrected chi connectivity index (χ3v) is 7.67. The molecule has 0 radical (unpaired) electrons. The number of carbonyl (C=O) groups excluding carboxylic acids is 1. The van der Waals surface area contributed by atoms with E-state index in [2.05, 4.69) is 54.6 Å². The minimum atomic E-state index is -0.263. The Morgan fingerprint density at radius 1 is 0.920 bits per heavy atom. The Kier molecular flexibility index (Phi) is 4.55. The summed E-state index contributed by atoms with van der Waals surface area (Å²) in [4.78, 5) is 18.5. The van der Waals surface area contributed by atoms with Crippen LogP contribution in [0.3, 0.4) is 0 Å². The summed E-state index contributed by atoms with van der Waals surface area (Å²) >= 11 is 1.81. The van der Waals surface area contributed by atoms with E-state index >= 15 is 0 Å². The number of hydrogen-bond donors (Lipinski definition) is 0. The zero-order chi connectivity index (χ0) is 17.2. The van der Waals surface area contributed by atoms with E-state index in [0.29, 0.717) is 12.2 Å². The highest BCUT2D eigenvalue weighted by atomic mass is 32.2. The normalized spacial score (nSPS) is 13.0. The van der Waals surface area contributed by atoms with E-state index < -0.39 is 0 Å². The summed E-state index contributed by atoms with van der Waals surface area (Å²) in [6.07, 6.45) is 0. The summed E-state index contributed by atoms with van der Waals surface area (Å²) in [6.45, 7) is 2.21. The van der Waals surface area contributed by atoms with Gasteiger partial charge in [0, 0.05) is 6.07 Å². The average molecular weight is 365 g/mol. The monoisotopic (exact) mass is 365 g/mol. The van der Waals surface area contributed by atoms with Crippen LogP contribution in [-0.4, -0.2) is 12.6 Å². The van der Waals surface area contributed by atoms with Crippen molar-refractivity contribution in [3.63, 3.8) is 0 Å². The van der Waals surface area contributed by atoms with Gasteiger partial charge in [0.2, 0.25) is 0 Å². The Morgan fingerprint density at radius 3 is 2.20 bits per heavy atom. The minimum absolute atomic E-state index is 0.217. The van der Waals surface area contributed by atoms with Crippen LogP contribution in [0.5, 0.6) is 0 Å². The maximum absolute atomic E-state index is 12.1. The number of fused-ring (bicyclic) bond motifs is 2. The fourth-order valence-corrected chi connectivity index (χ4v) is 6.65. The van der Waals surface area contributed by atoms with Gasteiger partial charge >= 0.3 is 5.97 Å². The standard InChI is InChI=1S/C21H17O2S2/c1-2-23-21(22)15-8-7-9-16(14-15)25-19-12-5-3-10-17(19)24-18-11-4-6-13-20(18)25/h3-14H,2H2,1H3/q+1. The van der Waals surface area contributed by atoms with Crippen molar-refractivity contribution in [2.24, 2.45) is 0 Å². The lowest BCUT2D eigenvalue weighted by molar-refractivity contribution is 0.0526. The Hall–Kier alpha value is -2.17. The van der Waals surface area contributed by atoms with Gasteiger partial charge in [-0.2, -0.15) is 0 Å². The second kappa shape index (κ2) is 6.98. The molecule has 124 valence electrons. The first-order chi connectivity index (χ1) is 12.3. The van der Waals surface area contributed by atoms with Gasteiger partial charge in [-0.25, -0.2) is 4.79 Å². The SMILES string of the molecule is CCOC(=O)c1cccc([S+]2c3ccccc3Sc3ccccc32)c1. The molecule has 4 rings (SSSR count). The molecule has 1 aliphatic heterocycles. The zero-order valence-electron chi connectivity index (χ0n) is 13.8. The first kappa shape index (κ1) is 16.3. The van der Waals surface area contributed by atoms with Gasteiger partial charge < -0.3 is 4.74 Å². The summed E-state index contributed by atoms with van der Waals surface area (Å²) in [7, 11) is -0.217. The molecule has 0 amide bonds. The number of ether oxygens (including phenoxy) is 1.